The number of carbonyl (C=O) groups excluding carboxylic acids is 2. The minimum absolute atomic E-state index is 0.0803. The lowest BCUT2D eigenvalue weighted by Gasteiger charge is -2.17. The van der Waals surface area contributed by atoms with Gasteiger partial charge in [0.2, 0.25) is 5.88 Å². The molecule has 0 aliphatic carbocycles. The lowest BCUT2D eigenvalue weighted by molar-refractivity contribution is 0.0943. The second-order valence-electron chi connectivity index (χ2n) is 5.40. The monoisotopic (exact) mass is 346 g/mol. The predicted octanol–water partition coefficient (Wildman–Crippen LogP) is 2.17. The average Bonchev–Trinajstić information content (AvgIpc) is 3.23. The number of ether oxygens (including phenoxy) is 1. The van der Waals surface area contributed by atoms with Crippen molar-refractivity contribution < 1.29 is 14.3 Å². The minimum Gasteiger partial charge on any atom is -0.480 e. The molecule has 7 nitrogen and oxygen atoms in total. The number of hydrogen-bond acceptors (Lipinski definition) is 5. The summed E-state index contributed by atoms with van der Waals surface area (Å²) in [5, 5.41) is 5.70. The van der Waals surface area contributed by atoms with E-state index in [1.54, 1.807) is 11.0 Å². The number of rotatable bonds is 5. The third-order valence-electron chi connectivity index (χ3n) is 3.83. The van der Waals surface area contributed by atoms with Crippen LogP contribution >= 0.6 is 11.5 Å². The Bertz CT molecular complexity index is 744. The molecule has 0 radical (unpaired) electrons. The standard InChI is InChI=1S/C16H18N4O3S/c1-10(18-15(21)13-9-14(23-2)19-24-13)11-3-5-12(6-4-11)20-8-7-17-16(20)22/h3-6,9-10H,7-8H2,1-2H3,(H,17,22)(H,18,21). The summed E-state index contributed by atoms with van der Waals surface area (Å²) in [6.45, 7) is 3.23. The van der Waals surface area contributed by atoms with Gasteiger partial charge in [-0.2, -0.15) is 4.37 Å². The number of aromatic nitrogens is 1. The normalized spacial score (nSPS) is 15.1. The van der Waals surface area contributed by atoms with E-state index in [9.17, 15) is 9.59 Å². The van der Waals surface area contributed by atoms with Crippen LogP contribution in [0, 0.1) is 0 Å². The number of carbonyl (C=O) groups is 2. The molecule has 1 aromatic carbocycles. The van der Waals surface area contributed by atoms with Crippen LogP contribution in [0.4, 0.5) is 10.5 Å². The highest BCUT2D eigenvalue weighted by molar-refractivity contribution is 7.08. The Morgan fingerprint density at radius 2 is 2.17 bits per heavy atom. The second-order valence-corrected chi connectivity index (χ2v) is 6.21. The van der Waals surface area contributed by atoms with Crippen molar-refractivity contribution in [1.29, 1.82) is 0 Å². The van der Waals surface area contributed by atoms with E-state index in [1.165, 1.54) is 7.11 Å². The smallest absolute Gasteiger partial charge is 0.321 e. The van der Waals surface area contributed by atoms with E-state index in [4.69, 9.17) is 4.74 Å². The van der Waals surface area contributed by atoms with Gasteiger partial charge in [-0.25, -0.2) is 4.79 Å². The van der Waals surface area contributed by atoms with E-state index >= 15 is 0 Å². The van der Waals surface area contributed by atoms with Gasteiger partial charge in [-0.3, -0.25) is 9.69 Å². The third kappa shape index (κ3) is 3.33. The molecule has 0 spiro atoms. The summed E-state index contributed by atoms with van der Waals surface area (Å²) in [5.41, 5.74) is 1.81. The van der Waals surface area contributed by atoms with Gasteiger partial charge in [0.15, 0.2) is 0 Å². The van der Waals surface area contributed by atoms with Crippen LogP contribution in [-0.2, 0) is 0 Å². The molecule has 1 aliphatic heterocycles. The average molecular weight is 346 g/mol. The first-order valence-electron chi connectivity index (χ1n) is 7.55. The molecule has 1 atom stereocenters. The molecule has 1 unspecified atom stereocenters. The van der Waals surface area contributed by atoms with Crippen LogP contribution in [0.5, 0.6) is 5.88 Å². The summed E-state index contributed by atoms with van der Waals surface area (Å²) in [5.74, 6) is 0.248. The number of nitrogens with zero attached hydrogens (tertiary/aromatic N) is 2. The van der Waals surface area contributed by atoms with E-state index < -0.39 is 0 Å². The Morgan fingerprint density at radius 1 is 1.42 bits per heavy atom. The molecular weight excluding hydrogens is 328 g/mol. The van der Waals surface area contributed by atoms with Gasteiger partial charge in [0.25, 0.3) is 5.91 Å². The molecule has 24 heavy (non-hydrogen) atoms. The molecule has 0 bridgehead atoms. The maximum Gasteiger partial charge on any atom is 0.321 e. The maximum absolute atomic E-state index is 12.2. The van der Waals surface area contributed by atoms with E-state index in [-0.39, 0.29) is 18.0 Å². The Labute approximate surface area is 143 Å². The number of methoxy groups -OCH3 is 1. The van der Waals surface area contributed by atoms with Crippen molar-refractivity contribution in [2.24, 2.45) is 0 Å². The summed E-state index contributed by atoms with van der Waals surface area (Å²) >= 11 is 1.10. The fraction of sp³-hybridized carbons (Fsp3) is 0.312. The number of nitrogens with one attached hydrogen (secondary N) is 2. The largest absolute Gasteiger partial charge is 0.480 e. The van der Waals surface area contributed by atoms with Crippen molar-refractivity contribution in [1.82, 2.24) is 15.0 Å². The number of amides is 3. The van der Waals surface area contributed by atoms with Gasteiger partial charge in [0.1, 0.15) is 4.88 Å². The third-order valence-corrected chi connectivity index (χ3v) is 4.60. The fourth-order valence-electron chi connectivity index (χ4n) is 2.47. The van der Waals surface area contributed by atoms with Crippen molar-refractivity contribution in [3.05, 3.63) is 40.8 Å². The molecular formula is C16H18N4O3S. The Kier molecular flexibility index (Phi) is 4.66. The van der Waals surface area contributed by atoms with Crippen molar-refractivity contribution in [2.45, 2.75) is 13.0 Å². The lowest BCUT2D eigenvalue weighted by Crippen LogP contribution is -2.28. The van der Waals surface area contributed by atoms with Crippen LogP contribution < -0.4 is 20.3 Å². The van der Waals surface area contributed by atoms with Gasteiger partial charge in [0.05, 0.1) is 13.2 Å². The first kappa shape index (κ1) is 16.3. The van der Waals surface area contributed by atoms with Crippen LogP contribution in [0.1, 0.15) is 28.2 Å². The molecule has 1 aliphatic rings. The maximum atomic E-state index is 12.2. The van der Waals surface area contributed by atoms with Crippen molar-refractivity contribution in [3.63, 3.8) is 0 Å². The van der Waals surface area contributed by atoms with E-state index in [0.717, 1.165) is 22.8 Å². The molecule has 1 aromatic heterocycles. The highest BCUT2D eigenvalue weighted by Gasteiger charge is 2.21. The number of hydrogen-bond donors (Lipinski definition) is 2. The van der Waals surface area contributed by atoms with Gasteiger partial charge in [-0.15, -0.1) is 0 Å². The Hall–Kier alpha value is -2.61. The van der Waals surface area contributed by atoms with E-state index in [2.05, 4.69) is 15.0 Å². The number of urea groups is 1. The van der Waals surface area contributed by atoms with Crippen LogP contribution in [0.25, 0.3) is 0 Å². The molecule has 0 saturated carbocycles. The molecule has 2 aromatic rings. The van der Waals surface area contributed by atoms with Crippen molar-refractivity contribution in [3.8, 4) is 5.88 Å². The lowest BCUT2D eigenvalue weighted by atomic mass is 10.1. The molecule has 126 valence electrons. The quantitative estimate of drug-likeness (QED) is 0.869. The van der Waals surface area contributed by atoms with Gasteiger partial charge < -0.3 is 15.4 Å². The van der Waals surface area contributed by atoms with Gasteiger partial charge in [0, 0.05) is 24.8 Å². The summed E-state index contributed by atoms with van der Waals surface area (Å²) in [4.78, 5) is 26.1. The first-order valence-corrected chi connectivity index (χ1v) is 8.32. The van der Waals surface area contributed by atoms with Crippen LogP contribution in [0.15, 0.2) is 30.3 Å². The minimum atomic E-state index is -0.189. The highest BCUT2D eigenvalue weighted by atomic mass is 32.1. The molecule has 8 heteroatoms. The molecule has 2 heterocycles. The van der Waals surface area contributed by atoms with Gasteiger partial charge in [-0.05, 0) is 36.2 Å². The predicted molar refractivity (Wildman–Crippen MR) is 91.7 cm³/mol. The van der Waals surface area contributed by atoms with Crippen LogP contribution in [0.2, 0.25) is 0 Å². The highest BCUT2D eigenvalue weighted by Crippen LogP contribution is 2.22. The zero-order valence-electron chi connectivity index (χ0n) is 13.4. The number of benzene rings is 1. The zero-order valence-corrected chi connectivity index (χ0v) is 14.2. The summed E-state index contributed by atoms with van der Waals surface area (Å²) < 4.78 is 9.00. The molecule has 1 fully saturated rings. The first-order chi connectivity index (χ1) is 11.6. The molecule has 3 amide bonds. The van der Waals surface area contributed by atoms with Crippen LogP contribution in [0.3, 0.4) is 0 Å². The SMILES string of the molecule is COc1cc(C(=O)NC(C)c2ccc(N3CCNC3=O)cc2)sn1. The van der Waals surface area contributed by atoms with Crippen molar-refractivity contribution in [2.75, 3.05) is 25.1 Å². The Balaban J connectivity index is 1.65. The van der Waals surface area contributed by atoms with Gasteiger partial charge in [-0.1, -0.05) is 12.1 Å². The summed E-state index contributed by atoms with van der Waals surface area (Å²) in [6.07, 6.45) is 0. The Morgan fingerprint density at radius 3 is 2.75 bits per heavy atom. The topological polar surface area (TPSA) is 83.6 Å². The van der Waals surface area contributed by atoms with Crippen molar-refractivity contribution >= 4 is 29.2 Å². The second kappa shape index (κ2) is 6.88. The molecule has 2 N–H and O–H groups in total. The van der Waals surface area contributed by atoms with Crippen LogP contribution in [-0.4, -0.2) is 36.5 Å². The molecule has 1 saturated heterocycles. The summed E-state index contributed by atoms with van der Waals surface area (Å²) in [7, 11) is 1.52. The zero-order chi connectivity index (χ0) is 17.1. The number of anilines is 1. The van der Waals surface area contributed by atoms with E-state index in [1.807, 2.05) is 31.2 Å². The van der Waals surface area contributed by atoms with Gasteiger partial charge >= 0.3 is 6.03 Å². The molecule has 3 rings (SSSR count). The fourth-order valence-corrected chi connectivity index (χ4v) is 3.09. The summed E-state index contributed by atoms with van der Waals surface area (Å²) in [6, 6.07) is 8.98. The van der Waals surface area contributed by atoms with E-state index in [0.29, 0.717) is 23.8 Å².